The Bertz CT molecular complexity index is 620. The van der Waals surface area contributed by atoms with Crippen molar-refractivity contribution in [2.45, 2.75) is 67.7 Å². The number of carbonyl (C=O) groups excluding carboxylic acids is 1. The maximum Gasteiger partial charge on any atom is 0.303 e. The molecule has 2 N–H and O–H groups in total. The number of piperidine rings is 1. The number of amides is 1. The predicted octanol–water partition coefficient (Wildman–Crippen LogP) is 4.07. The Morgan fingerprint density at radius 3 is 2.70 bits per heavy atom. The Kier molecular flexibility index (Phi) is 9.42. The average molecular weight is 392 g/mol. The van der Waals surface area contributed by atoms with Crippen LogP contribution in [0.1, 0.15) is 51.4 Å². The van der Waals surface area contributed by atoms with Crippen LogP contribution < -0.4 is 0 Å². The topological polar surface area (TPSA) is 77.8 Å². The van der Waals surface area contributed by atoms with Crippen molar-refractivity contribution in [3.05, 3.63) is 42.5 Å². The van der Waals surface area contributed by atoms with Gasteiger partial charge in [-0.15, -0.1) is 0 Å². The van der Waals surface area contributed by atoms with E-state index in [4.69, 9.17) is 5.11 Å². The van der Waals surface area contributed by atoms with Gasteiger partial charge in [0.05, 0.1) is 6.04 Å². The molecule has 0 radical (unpaired) electrons. The standard InChI is InChI=1S/C21H29NO4S/c23-19-12-8-9-17(22(19)16-7-2-1-6-13-20(24)25)14-15-21(26)27-18-10-4-3-5-11-18/h3-5,10-11,14-15,17,21,26H,1-2,6-9,12-13,16H2,(H,24,25)/t17-,21?/m1/s1. The van der Waals surface area contributed by atoms with Crippen LogP contribution in [0.15, 0.2) is 47.4 Å². The molecule has 0 saturated carbocycles. The fourth-order valence-corrected chi connectivity index (χ4v) is 4.01. The van der Waals surface area contributed by atoms with Crippen molar-refractivity contribution in [1.29, 1.82) is 0 Å². The summed E-state index contributed by atoms with van der Waals surface area (Å²) in [6, 6.07) is 9.79. The molecule has 0 spiro atoms. The van der Waals surface area contributed by atoms with E-state index in [0.29, 0.717) is 19.4 Å². The number of rotatable bonds is 11. The van der Waals surface area contributed by atoms with E-state index in [1.54, 1.807) is 6.08 Å². The normalized spacial score (nSPS) is 18.8. The SMILES string of the molecule is O=C(O)CCCCCCN1C(=O)CCC[C@@H]1C=CC(O)Sc1ccccc1. The van der Waals surface area contributed by atoms with Gasteiger partial charge >= 0.3 is 5.97 Å². The first-order valence-electron chi connectivity index (χ1n) is 9.65. The van der Waals surface area contributed by atoms with Gasteiger partial charge in [0.1, 0.15) is 5.44 Å². The molecule has 1 fully saturated rings. The summed E-state index contributed by atoms with van der Waals surface area (Å²) >= 11 is 1.38. The fourth-order valence-electron chi connectivity index (χ4n) is 3.25. The average Bonchev–Trinajstić information content (AvgIpc) is 2.65. The van der Waals surface area contributed by atoms with E-state index >= 15 is 0 Å². The summed E-state index contributed by atoms with van der Waals surface area (Å²) in [7, 11) is 0. The lowest BCUT2D eigenvalue weighted by Gasteiger charge is -2.34. The second kappa shape index (κ2) is 11.8. The molecule has 1 unspecified atom stereocenters. The third-order valence-electron chi connectivity index (χ3n) is 4.65. The summed E-state index contributed by atoms with van der Waals surface area (Å²) < 4.78 is 0. The van der Waals surface area contributed by atoms with E-state index in [0.717, 1.165) is 37.0 Å². The maximum absolute atomic E-state index is 12.3. The summed E-state index contributed by atoms with van der Waals surface area (Å²) in [6.07, 6.45) is 9.72. The lowest BCUT2D eigenvalue weighted by atomic mass is 10.00. The molecule has 0 bridgehead atoms. The molecule has 1 aliphatic heterocycles. The zero-order valence-electron chi connectivity index (χ0n) is 15.6. The van der Waals surface area contributed by atoms with Gasteiger partial charge in [-0.1, -0.05) is 48.9 Å². The van der Waals surface area contributed by atoms with Crippen LogP contribution in [0, 0.1) is 0 Å². The highest BCUT2D eigenvalue weighted by atomic mass is 32.2. The molecule has 2 rings (SSSR count). The molecule has 1 heterocycles. The smallest absolute Gasteiger partial charge is 0.303 e. The summed E-state index contributed by atoms with van der Waals surface area (Å²) in [5, 5.41) is 18.9. The monoisotopic (exact) mass is 391 g/mol. The number of carboxylic acid groups (broad SMARTS) is 1. The number of aliphatic hydroxyl groups is 1. The number of hydrogen-bond acceptors (Lipinski definition) is 4. The van der Waals surface area contributed by atoms with Gasteiger partial charge < -0.3 is 15.1 Å². The molecule has 0 aromatic heterocycles. The molecule has 6 heteroatoms. The molecule has 1 amide bonds. The zero-order valence-corrected chi connectivity index (χ0v) is 16.4. The van der Waals surface area contributed by atoms with Crippen molar-refractivity contribution in [3.63, 3.8) is 0 Å². The quantitative estimate of drug-likeness (QED) is 0.257. The number of aliphatic hydroxyl groups excluding tert-OH is 1. The van der Waals surface area contributed by atoms with E-state index in [-0.39, 0.29) is 18.4 Å². The van der Waals surface area contributed by atoms with Crippen LogP contribution in [0.4, 0.5) is 0 Å². The van der Waals surface area contributed by atoms with Gasteiger partial charge in [-0.25, -0.2) is 0 Å². The van der Waals surface area contributed by atoms with E-state index in [2.05, 4.69) is 0 Å². The van der Waals surface area contributed by atoms with Crippen LogP contribution in [0.2, 0.25) is 0 Å². The highest BCUT2D eigenvalue weighted by molar-refractivity contribution is 7.99. The highest BCUT2D eigenvalue weighted by Gasteiger charge is 2.25. The fraction of sp³-hybridized carbons (Fsp3) is 0.524. The molecule has 2 atom stereocenters. The zero-order chi connectivity index (χ0) is 19.5. The van der Waals surface area contributed by atoms with E-state index in [1.165, 1.54) is 11.8 Å². The lowest BCUT2D eigenvalue weighted by molar-refractivity contribution is -0.137. The molecule has 1 aromatic rings. The number of carboxylic acids is 1. The number of hydrogen-bond donors (Lipinski definition) is 2. The van der Waals surface area contributed by atoms with Crippen molar-refractivity contribution in [2.24, 2.45) is 0 Å². The van der Waals surface area contributed by atoms with Gasteiger partial charge in [-0.2, -0.15) is 0 Å². The number of aliphatic carboxylic acids is 1. The molecule has 5 nitrogen and oxygen atoms in total. The number of benzene rings is 1. The van der Waals surface area contributed by atoms with Gasteiger partial charge in [0.25, 0.3) is 0 Å². The first-order valence-corrected chi connectivity index (χ1v) is 10.5. The summed E-state index contributed by atoms with van der Waals surface area (Å²) in [6.45, 7) is 0.697. The van der Waals surface area contributed by atoms with Gasteiger partial charge in [0.15, 0.2) is 0 Å². The van der Waals surface area contributed by atoms with Crippen molar-refractivity contribution < 1.29 is 19.8 Å². The van der Waals surface area contributed by atoms with Crippen molar-refractivity contribution in [2.75, 3.05) is 6.54 Å². The maximum atomic E-state index is 12.3. The molecular formula is C21H29NO4S. The molecule has 148 valence electrons. The van der Waals surface area contributed by atoms with Gasteiger partial charge in [-0.3, -0.25) is 9.59 Å². The first kappa shape index (κ1) is 21.5. The van der Waals surface area contributed by atoms with Crippen molar-refractivity contribution >= 4 is 23.6 Å². The molecular weight excluding hydrogens is 362 g/mol. The minimum absolute atomic E-state index is 0.0382. The second-order valence-electron chi connectivity index (χ2n) is 6.81. The van der Waals surface area contributed by atoms with Crippen LogP contribution in [0.5, 0.6) is 0 Å². The molecule has 1 aromatic carbocycles. The van der Waals surface area contributed by atoms with Crippen LogP contribution in [-0.2, 0) is 9.59 Å². The van der Waals surface area contributed by atoms with Crippen LogP contribution in [-0.4, -0.2) is 45.0 Å². The molecule has 27 heavy (non-hydrogen) atoms. The number of unbranched alkanes of at least 4 members (excludes halogenated alkanes) is 3. The summed E-state index contributed by atoms with van der Waals surface area (Å²) in [5.74, 6) is -0.579. The van der Waals surface area contributed by atoms with Gasteiger partial charge in [-0.05, 0) is 43.9 Å². The first-order chi connectivity index (χ1) is 13.1. The Labute approximate surface area is 165 Å². The van der Waals surface area contributed by atoms with E-state index in [9.17, 15) is 14.7 Å². The Morgan fingerprint density at radius 2 is 1.96 bits per heavy atom. The number of thioether (sulfide) groups is 1. The molecule has 0 aliphatic carbocycles. The van der Waals surface area contributed by atoms with E-state index < -0.39 is 11.4 Å². The number of nitrogens with zero attached hydrogens (tertiary/aromatic N) is 1. The number of likely N-dealkylation sites (tertiary alicyclic amines) is 1. The summed E-state index contributed by atoms with van der Waals surface area (Å²) in [4.78, 5) is 25.7. The Balaban J connectivity index is 1.79. The van der Waals surface area contributed by atoms with Crippen molar-refractivity contribution in [1.82, 2.24) is 4.90 Å². The van der Waals surface area contributed by atoms with Crippen LogP contribution in [0.25, 0.3) is 0 Å². The van der Waals surface area contributed by atoms with Crippen LogP contribution >= 0.6 is 11.8 Å². The van der Waals surface area contributed by atoms with Crippen LogP contribution in [0.3, 0.4) is 0 Å². The van der Waals surface area contributed by atoms with Crippen molar-refractivity contribution in [3.8, 4) is 0 Å². The van der Waals surface area contributed by atoms with E-state index in [1.807, 2.05) is 41.3 Å². The predicted molar refractivity (Wildman–Crippen MR) is 108 cm³/mol. The minimum Gasteiger partial charge on any atom is -0.481 e. The number of carbonyl (C=O) groups is 2. The lowest BCUT2D eigenvalue weighted by Crippen LogP contribution is -2.43. The summed E-state index contributed by atoms with van der Waals surface area (Å²) in [5.41, 5.74) is -0.637. The third-order valence-corrected chi connectivity index (χ3v) is 5.59. The largest absolute Gasteiger partial charge is 0.481 e. The molecule has 1 saturated heterocycles. The Hall–Kier alpha value is -1.79. The van der Waals surface area contributed by atoms with Gasteiger partial charge in [0, 0.05) is 24.3 Å². The van der Waals surface area contributed by atoms with Gasteiger partial charge in [0.2, 0.25) is 5.91 Å². The Morgan fingerprint density at radius 1 is 1.22 bits per heavy atom. The highest BCUT2D eigenvalue weighted by Crippen LogP contribution is 2.24. The molecule has 1 aliphatic rings. The second-order valence-corrected chi connectivity index (χ2v) is 8.00. The minimum atomic E-state index is -0.752. The third kappa shape index (κ3) is 8.18.